The number of ketones is 1. The number of halogens is 1. The first-order valence-corrected chi connectivity index (χ1v) is 13.3. The van der Waals surface area contributed by atoms with Crippen LogP contribution in [0.4, 0.5) is 4.39 Å². The van der Waals surface area contributed by atoms with Gasteiger partial charge in [0.05, 0.1) is 21.7 Å². The van der Waals surface area contributed by atoms with Crippen LogP contribution in [-0.4, -0.2) is 23.5 Å². The van der Waals surface area contributed by atoms with Crippen molar-refractivity contribution in [2.45, 2.75) is 76.8 Å². The number of hydrogen-bond acceptors (Lipinski definition) is 4. The van der Waals surface area contributed by atoms with E-state index in [0.717, 1.165) is 68.8 Å². The Kier molecular flexibility index (Phi) is 6.57. The summed E-state index contributed by atoms with van der Waals surface area (Å²) >= 11 is 1.51. The number of para-hydroxylation sites is 1. The van der Waals surface area contributed by atoms with Crippen molar-refractivity contribution in [3.63, 3.8) is 0 Å². The topological polar surface area (TPSA) is 39.2 Å². The first-order chi connectivity index (χ1) is 16.5. The van der Waals surface area contributed by atoms with Crippen molar-refractivity contribution in [2.75, 3.05) is 6.61 Å². The highest BCUT2D eigenvalue weighted by Crippen LogP contribution is 2.44. The molecule has 1 fully saturated rings. The molecule has 3 unspecified atom stereocenters. The number of nitrogens with zero attached hydrogens (tertiary/aromatic N) is 1. The number of hydrogen-bond donors (Lipinski definition) is 0. The molecule has 3 atom stereocenters. The van der Waals surface area contributed by atoms with Gasteiger partial charge in [-0.3, -0.25) is 9.78 Å². The number of carbonyl (C=O) groups excluding carboxylic acids is 1. The molecule has 2 aromatic heterocycles. The van der Waals surface area contributed by atoms with Gasteiger partial charge in [-0.2, -0.15) is 0 Å². The van der Waals surface area contributed by atoms with Crippen molar-refractivity contribution >= 4 is 27.3 Å². The first kappa shape index (κ1) is 23.2. The van der Waals surface area contributed by atoms with Gasteiger partial charge in [0.15, 0.2) is 5.78 Å². The molecule has 5 heteroatoms. The number of ether oxygens (including phenoxy) is 1. The standard InChI is InChI=1S/C29H32FNO2S/c1-17(2)25-26-28(22(12-14-31-26)21-9-4-6-10-23(21)30)34-29(25)27(32)18(3)16-19-13-15-33-24-11-7-5-8-20(19)24/h5,7-8,11-12,14,16-17,19,21,23H,4,6,9-10,13,15H2,1-3H3/b18-16+. The molecule has 1 aromatic carbocycles. The monoisotopic (exact) mass is 477 g/mol. The summed E-state index contributed by atoms with van der Waals surface area (Å²) in [7, 11) is 0. The minimum absolute atomic E-state index is 0.0575. The molecule has 34 heavy (non-hydrogen) atoms. The van der Waals surface area contributed by atoms with Crippen LogP contribution in [0.2, 0.25) is 0 Å². The third kappa shape index (κ3) is 4.19. The Morgan fingerprint density at radius 2 is 1.94 bits per heavy atom. The Balaban J connectivity index is 1.55. The van der Waals surface area contributed by atoms with E-state index in [2.05, 4.69) is 26.0 Å². The van der Waals surface area contributed by atoms with Gasteiger partial charge in [0, 0.05) is 29.2 Å². The van der Waals surface area contributed by atoms with Crippen LogP contribution in [0.15, 0.2) is 48.2 Å². The Labute approximate surface area is 205 Å². The van der Waals surface area contributed by atoms with Gasteiger partial charge in [-0.05, 0) is 55.4 Å². The van der Waals surface area contributed by atoms with E-state index in [4.69, 9.17) is 9.72 Å². The van der Waals surface area contributed by atoms with Crippen LogP contribution >= 0.6 is 11.3 Å². The molecule has 2 aliphatic rings. The summed E-state index contributed by atoms with van der Waals surface area (Å²) in [4.78, 5) is 19.2. The maximum atomic E-state index is 14.9. The number of allylic oxidation sites excluding steroid dienone is 2. The fraction of sp³-hybridized carbons (Fsp3) is 0.448. The molecule has 3 aromatic rings. The molecule has 0 saturated heterocycles. The maximum absolute atomic E-state index is 14.9. The van der Waals surface area contributed by atoms with Gasteiger partial charge >= 0.3 is 0 Å². The summed E-state index contributed by atoms with van der Waals surface area (Å²) in [6.07, 6.45) is 7.43. The minimum atomic E-state index is -0.821. The molecular weight excluding hydrogens is 445 g/mol. The van der Waals surface area contributed by atoms with Crippen LogP contribution < -0.4 is 4.74 Å². The van der Waals surface area contributed by atoms with Crippen LogP contribution in [0.25, 0.3) is 10.2 Å². The van der Waals surface area contributed by atoms with Crippen LogP contribution in [0.3, 0.4) is 0 Å². The van der Waals surface area contributed by atoms with Gasteiger partial charge in [-0.1, -0.05) is 51.0 Å². The smallest absolute Gasteiger partial charge is 0.198 e. The molecule has 0 amide bonds. The molecule has 3 heterocycles. The molecule has 0 radical (unpaired) electrons. The molecule has 1 aliphatic heterocycles. The van der Waals surface area contributed by atoms with E-state index >= 15 is 0 Å². The first-order valence-electron chi connectivity index (χ1n) is 12.5. The van der Waals surface area contributed by atoms with E-state index < -0.39 is 6.17 Å². The normalized spacial score (nSPS) is 23.1. The molecule has 178 valence electrons. The van der Waals surface area contributed by atoms with Gasteiger partial charge in [0.25, 0.3) is 0 Å². The number of Topliss-reactive ketones (excluding diaryl/α,β-unsaturated/α-hetero) is 1. The quantitative estimate of drug-likeness (QED) is 0.275. The van der Waals surface area contributed by atoms with E-state index in [1.807, 2.05) is 31.2 Å². The highest BCUT2D eigenvalue weighted by molar-refractivity contribution is 7.21. The third-order valence-electron chi connectivity index (χ3n) is 7.32. The highest BCUT2D eigenvalue weighted by atomic mass is 32.1. The zero-order valence-corrected chi connectivity index (χ0v) is 21.0. The predicted molar refractivity (Wildman–Crippen MR) is 137 cm³/mol. The van der Waals surface area contributed by atoms with E-state index in [1.54, 1.807) is 6.20 Å². The Morgan fingerprint density at radius 3 is 2.74 bits per heavy atom. The summed E-state index contributed by atoms with van der Waals surface area (Å²) in [5.41, 5.74) is 4.79. The molecule has 0 spiro atoms. The second-order valence-corrected chi connectivity index (χ2v) is 11.0. The summed E-state index contributed by atoms with van der Waals surface area (Å²) in [6, 6.07) is 10.0. The van der Waals surface area contributed by atoms with E-state index in [9.17, 15) is 9.18 Å². The highest BCUT2D eigenvalue weighted by Gasteiger charge is 2.31. The lowest BCUT2D eigenvalue weighted by atomic mass is 9.82. The lowest BCUT2D eigenvalue weighted by molar-refractivity contribution is 0.103. The summed E-state index contributed by atoms with van der Waals surface area (Å²) in [5, 5.41) is 0. The summed E-state index contributed by atoms with van der Waals surface area (Å²) in [6.45, 7) is 6.79. The van der Waals surface area contributed by atoms with E-state index in [1.165, 1.54) is 11.3 Å². The number of benzene rings is 1. The molecular formula is C29H32FNO2S. The van der Waals surface area contributed by atoms with Gasteiger partial charge in [0.2, 0.25) is 0 Å². The Hall–Kier alpha value is -2.53. The van der Waals surface area contributed by atoms with Gasteiger partial charge in [0.1, 0.15) is 11.9 Å². The van der Waals surface area contributed by atoms with Gasteiger partial charge in [-0.25, -0.2) is 4.39 Å². The summed E-state index contributed by atoms with van der Waals surface area (Å²) < 4.78 is 21.7. The van der Waals surface area contributed by atoms with Gasteiger partial charge < -0.3 is 4.74 Å². The van der Waals surface area contributed by atoms with E-state index in [0.29, 0.717) is 13.0 Å². The van der Waals surface area contributed by atoms with Crippen LogP contribution in [0, 0.1) is 0 Å². The zero-order chi connectivity index (χ0) is 23.8. The van der Waals surface area contributed by atoms with Crippen molar-refractivity contribution in [3.8, 4) is 5.75 Å². The number of fused-ring (bicyclic) bond motifs is 2. The van der Waals surface area contributed by atoms with Crippen LogP contribution in [-0.2, 0) is 0 Å². The van der Waals surface area contributed by atoms with Crippen LogP contribution in [0.5, 0.6) is 5.75 Å². The van der Waals surface area contributed by atoms with Gasteiger partial charge in [-0.15, -0.1) is 11.3 Å². The molecule has 1 saturated carbocycles. The van der Waals surface area contributed by atoms with Crippen molar-refractivity contribution < 1.29 is 13.9 Å². The number of pyridine rings is 1. The van der Waals surface area contributed by atoms with Crippen molar-refractivity contribution in [2.24, 2.45) is 0 Å². The number of aromatic nitrogens is 1. The largest absolute Gasteiger partial charge is 0.493 e. The summed E-state index contributed by atoms with van der Waals surface area (Å²) in [5.74, 6) is 1.17. The maximum Gasteiger partial charge on any atom is 0.198 e. The molecule has 0 N–H and O–H groups in total. The number of alkyl halides is 1. The van der Waals surface area contributed by atoms with Crippen molar-refractivity contribution in [1.29, 1.82) is 0 Å². The number of rotatable bonds is 5. The molecule has 1 aliphatic carbocycles. The minimum Gasteiger partial charge on any atom is -0.493 e. The molecule has 0 bridgehead atoms. The average Bonchev–Trinajstić information content (AvgIpc) is 3.24. The van der Waals surface area contributed by atoms with Crippen LogP contribution in [0.1, 0.15) is 97.0 Å². The van der Waals surface area contributed by atoms with E-state index in [-0.39, 0.29) is 23.5 Å². The SMILES string of the molecule is C/C(=C\C1CCOc2ccccc21)C(=O)c1sc2c(C3CCCCC3F)ccnc2c1C(C)C. The number of carbonyl (C=O) groups is 1. The third-order valence-corrected chi connectivity index (χ3v) is 8.56. The lowest BCUT2D eigenvalue weighted by Gasteiger charge is -2.26. The zero-order valence-electron chi connectivity index (χ0n) is 20.1. The second kappa shape index (κ2) is 9.61. The lowest BCUT2D eigenvalue weighted by Crippen LogP contribution is -2.18. The van der Waals surface area contributed by atoms with Crippen molar-refractivity contribution in [3.05, 3.63) is 69.7 Å². The predicted octanol–water partition coefficient (Wildman–Crippen LogP) is 8.11. The Morgan fingerprint density at radius 1 is 1.15 bits per heavy atom. The fourth-order valence-corrected chi connectivity index (χ4v) is 7.06. The Bertz CT molecular complexity index is 1240. The van der Waals surface area contributed by atoms with Crippen molar-refractivity contribution in [1.82, 2.24) is 4.98 Å². The molecule has 3 nitrogen and oxygen atoms in total. The fourth-order valence-electron chi connectivity index (χ4n) is 5.56. The average molecular weight is 478 g/mol. The second-order valence-electron chi connectivity index (χ2n) is 9.94. The number of thiophene rings is 1. The molecule has 5 rings (SSSR count).